The van der Waals surface area contributed by atoms with E-state index in [2.05, 4.69) is 24.3 Å². The molecule has 2 fully saturated rings. The summed E-state index contributed by atoms with van der Waals surface area (Å²) in [6, 6.07) is 23.4. The summed E-state index contributed by atoms with van der Waals surface area (Å²) in [7, 11) is 0. The fourth-order valence-electron chi connectivity index (χ4n) is 7.70. The summed E-state index contributed by atoms with van der Waals surface area (Å²) in [5.74, 6) is -1.37. The van der Waals surface area contributed by atoms with E-state index in [1.807, 2.05) is 82.6 Å². The number of aliphatic hydroxyl groups excluding tert-OH is 1. The molecule has 0 aliphatic carbocycles. The van der Waals surface area contributed by atoms with Gasteiger partial charge >= 0.3 is 0 Å². The average Bonchev–Trinajstić information content (AvgIpc) is 3.37. The smallest absolute Gasteiger partial charge is 0.251 e. The Morgan fingerprint density at radius 2 is 1.58 bits per heavy atom. The van der Waals surface area contributed by atoms with E-state index in [0.717, 1.165) is 47.7 Å². The number of likely N-dealkylation sites (tertiary alicyclic amines) is 1. The molecule has 1 N–H and O–H groups in total. The van der Waals surface area contributed by atoms with Gasteiger partial charge in [-0.2, -0.15) is 0 Å². The largest absolute Gasteiger partial charge is 0.396 e. The van der Waals surface area contributed by atoms with Gasteiger partial charge in [0, 0.05) is 43.7 Å². The molecule has 5 atom stereocenters. The van der Waals surface area contributed by atoms with Crippen molar-refractivity contribution in [1.29, 1.82) is 0 Å². The number of unbranched alkanes of at least 4 members (excludes halogenated alkanes) is 3. The van der Waals surface area contributed by atoms with Gasteiger partial charge in [0.05, 0.1) is 16.6 Å². The molecule has 0 aromatic heterocycles. The maximum absolute atomic E-state index is 14.8. The first kappa shape index (κ1) is 29.8. The summed E-state index contributed by atoms with van der Waals surface area (Å²) in [4.78, 5) is 49.2. The Balaban J connectivity index is 1.25. The van der Waals surface area contributed by atoms with E-state index in [0.29, 0.717) is 26.2 Å². The van der Waals surface area contributed by atoms with Crippen LogP contribution in [0.5, 0.6) is 0 Å². The van der Waals surface area contributed by atoms with E-state index in [-0.39, 0.29) is 29.6 Å². The predicted octanol–water partition coefficient (Wildman–Crippen LogP) is 5.19. The van der Waals surface area contributed by atoms with Gasteiger partial charge in [-0.15, -0.1) is 11.8 Å². The molecule has 4 heterocycles. The van der Waals surface area contributed by atoms with Gasteiger partial charge in [0.2, 0.25) is 11.8 Å². The van der Waals surface area contributed by atoms with Gasteiger partial charge in [-0.25, -0.2) is 0 Å². The maximum Gasteiger partial charge on any atom is 0.251 e. The third-order valence-corrected chi connectivity index (χ3v) is 11.6. The zero-order valence-corrected chi connectivity index (χ0v) is 26.1. The van der Waals surface area contributed by atoms with Crippen molar-refractivity contribution < 1.29 is 19.5 Å². The summed E-state index contributed by atoms with van der Waals surface area (Å²) < 4.78 is -0.837. The highest BCUT2D eigenvalue weighted by atomic mass is 32.2. The molecule has 3 aromatic rings. The van der Waals surface area contributed by atoms with Crippen LogP contribution in [0.25, 0.3) is 10.8 Å². The predicted molar refractivity (Wildman–Crippen MR) is 179 cm³/mol. The first-order valence-corrected chi connectivity index (χ1v) is 17.0. The number of hydrogen-bond donors (Lipinski definition) is 1. The van der Waals surface area contributed by atoms with Crippen LogP contribution in [0.2, 0.25) is 0 Å². The Labute approximate surface area is 268 Å². The molecule has 1 unspecified atom stereocenters. The van der Waals surface area contributed by atoms with Gasteiger partial charge in [0.1, 0.15) is 6.04 Å². The van der Waals surface area contributed by atoms with Gasteiger partial charge in [-0.05, 0) is 41.3 Å². The number of aliphatic hydroxyl groups is 1. The minimum Gasteiger partial charge on any atom is -0.396 e. The first-order chi connectivity index (χ1) is 22.0. The molecule has 0 bridgehead atoms. The van der Waals surface area contributed by atoms with E-state index in [4.69, 9.17) is 0 Å². The van der Waals surface area contributed by atoms with Crippen LogP contribution in [0, 0.1) is 11.8 Å². The number of thioether (sulfide) groups is 1. The number of carbonyl (C=O) groups is 3. The first-order valence-electron chi connectivity index (χ1n) is 16.1. The maximum atomic E-state index is 14.8. The molecular weight excluding hydrogens is 582 g/mol. The third kappa shape index (κ3) is 5.28. The van der Waals surface area contributed by atoms with E-state index in [9.17, 15) is 19.5 Å². The highest BCUT2D eigenvalue weighted by molar-refractivity contribution is 8.02. The molecule has 7 nitrogen and oxygen atoms in total. The summed E-state index contributed by atoms with van der Waals surface area (Å²) in [6.07, 6.45) is 11.5. The summed E-state index contributed by atoms with van der Waals surface area (Å²) in [5.41, 5.74) is 1.86. The zero-order chi connectivity index (χ0) is 31.0. The number of anilines is 1. The van der Waals surface area contributed by atoms with Crippen LogP contribution in [0.4, 0.5) is 5.69 Å². The molecule has 4 aliphatic heterocycles. The van der Waals surface area contributed by atoms with E-state index >= 15 is 0 Å². The van der Waals surface area contributed by atoms with Crippen molar-refractivity contribution in [2.75, 3.05) is 31.1 Å². The number of carbonyl (C=O) groups excluding carboxylic acids is 3. The summed E-state index contributed by atoms with van der Waals surface area (Å²) >= 11 is 1.63. The van der Waals surface area contributed by atoms with Crippen molar-refractivity contribution in [1.82, 2.24) is 9.80 Å². The molecule has 3 aromatic carbocycles. The lowest BCUT2D eigenvalue weighted by atomic mass is 9.78. The molecular formula is C37H39N3O4S. The molecule has 3 amide bonds. The second-order valence-corrected chi connectivity index (χ2v) is 14.0. The van der Waals surface area contributed by atoms with Crippen LogP contribution in [0.15, 0.2) is 97.1 Å². The van der Waals surface area contributed by atoms with E-state index in [1.54, 1.807) is 16.7 Å². The van der Waals surface area contributed by atoms with E-state index in [1.165, 1.54) is 0 Å². The van der Waals surface area contributed by atoms with Crippen molar-refractivity contribution >= 4 is 45.9 Å². The second kappa shape index (κ2) is 12.5. The fourth-order valence-corrected chi connectivity index (χ4v) is 9.71. The number of rotatable bonds is 9. The third-order valence-electron chi connectivity index (χ3n) is 9.81. The zero-order valence-electron chi connectivity index (χ0n) is 25.3. The van der Waals surface area contributed by atoms with Crippen LogP contribution >= 0.6 is 11.8 Å². The quantitative estimate of drug-likeness (QED) is 0.263. The fraction of sp³-hybridized carbons (Fsp3) is 0.378. The molecule has 0 saturated carbocycles. The Morgan fingerprint density at radius 3 is 2.40 bits per heavy atom. The van der Waals surface area contributed by atoms with Crippen LogP contribution < -0.4 is 4.90 Å². The van der Waals surface area contributed by atoms with Gasteiger partial charge in [0.25, 0.3) is 5.91 Å². The number of hydrogen-bond acceptors (Lipinski definition) is 5. The number of benzene rings is 3. The highest BCUT2D eigenvalue weighted by Crippen LogP contribution is 2.61. The van der Waals surface area contributed by atoms with Crippen molar-refractivity contribution in [2.45, 2.75) is 48.3 Å². The van der Waals surface area contributed by atoms with Crippen molar-refractivity contribution in [3.63, 3.8) is 0 Å². The monoisotopic (exact) mass is 621 g/mol. The second-order valence-electron chi connectivity index (χ2n) is 12.5. The summed E-state index contributed by atoms with van der Waals surface area (Å²) in [5, 5.41) is 11.2. The molecule has 45 heavy (non-hydrogen) atoms. The standard InChI is InChI=1S/C37H39N3O4S/c41-23-9-2-1-8-21-40-33-36(44)39(29-18-17-27-14-6-7-15-28(27)24-29)22-11-19-37(33)32(35(40)43)31-30(45-37)16-10-20-38(34(31)42)25-26-12-4-3-5-13-26/h3-7,10-19,24,30-33,41H,1-2,8-9,20-23,25H2/t30-,31+,32-,33?,37-/m0/s1. The summed E-state index contributed by atoms with van der Waals surface area (Å²) in [6.45, 7) is 1.98. The van der Waals surface area contributed by atoms with Crippen LogP contribution in [-0.2, 0) is 20.9 Å². The van der Waals surface area contributed by atoms with Crippen LogP contribution in [0.1, 0.15) is 31.2 Å². The Kier molecular flexibility index (Phi) is 8.27. The Morgan fingerprint density at radius 1 is 0.800 bits per heavy atom. The minimum atomic E-state index is -0.837. The van der Waals surface area contributed by atoms with Gasteiger partial charge < -0.3 is 19.8 Å². The number of nitrogens with zero attached hydrogens (tertiary/aromatic N) is 3. The Bertz CT molecular complexity index is 1660. The SMILES string of the molecule is O=C1[C@@H]2[C@H](C=CCN1Cc1ccccc1)S[C@]13C=CCN(c4ccc5ccccc5c4)C(=O)C1N(CCCCCCO)C(=O)[C@H]23. The molecule has 1 spiro atoms. The molecule has 232 valence electrons. The lowest BCUT2D eigenvalue weighted by Gasteiger charge is -2.35. The molecule has 4 aliphatic rings. The van der Waals surface area contributed by atoms with Crippen LogP contribution in [0.3, 0.4) is 0 Å². The molecule has 7 rings (SSSR count). The highest BCUT2D eigenvalue weighted by Gasteiger charge is 2.71. The topological polar surface area (TPSA) is 81.2 Å². The number of fused-ring (bicyclic) bond motifs is 3. The van der Waals surface area contributed by atoms with Gasteiger partial charge in [0.15, 0.2) is 0 Å². The normalized spacial score (nSPS) is 27.5. The lowest BCUT2D eigenvalue weighted by Crippen LogP contribution is -2.53. The van der Waals surface area contributed by atoms with E-state index < -0.39 is 22.6 Å². The van der Waals surface area contributed by atoms with Crippen molar-refractivity contribution in [2.24, 2.45) is 11.8 Å². The van der Waals surface area contributed by atoms with Gasteiger partial charge in [-0.3, -0.25) is 14.4 Å². The minimum absolute atomic E-state index is 0.0170. The lowest BCUT2D eigenvalue weighted by molar-refractivity contribution is -0.143. The van der Waals surface area contributed by atoms with Crippen molar-refractivity contribution in [3.8, 4) is 0 Å². The number of amides is 3. The Hall–Kier alpha value is -3.88. The van der Waals surface area contributed by atoms with Crippen LogP contribution in [-0.4, -0.2) is 74.9 Å². The molecule has 0 radical (unpaired) electrons. The molecule has 2 saturated heterocycles. The average molecular weight is 622 g/mol. The van der Waals surface area contributed by atoms with Crippen molar-refractivity contribution in [3.05, 3.63) is 103 Å². The van der Waals surface area contributed by atoms with Gasteiger partial charge in [-0.1, -0.05) is 97.8 Å². The molecule has 8 heteroatoms.